The SMILES string of the molecule is C=C/C(=C\C=C/C)C(=C)c1nc(-c2cccc(C(=O)N3CCOCC3)c2)cnc1N. The number of rotatable bonds is 6. The molecule has 0 saturated carbocycles. The molecule has 2 N–H and O–H groups in total. The van der Waals surface area contributed by atoms with Crippen LogP contribution in [0.1, 0.15) is 23.0 Å². The van der Waals surface area contributed by atoms with E-state index in [9.17, 15) is 4.79 Å². The van der Waals surface area contributed by atoms with Crippen molar-refractivity contribution in [3.63, 3.8) is 0 Å². The van der Waals surface area contributed by atoms with E-state index in [1.54, 1.807) is 17.2 Å². The maximum absolute atomic E-state index is 12.8. The lowest BCUT2D eigenvalue weighted by molar-refractivity contribution is 0.0303. The minimum atomic E-state index is -0.0172. The maximum atomic E-state index is 12.8. The second-order valence-corrected chi connectivity index (χ2v) is 6.80. The van der Waals surface area contributed by atoms with Crippen molar-refractivity contribution in [2.75, 3.05) is 32.0 Å². The highest BCUT2D eigenvalue weighted by Crippen LogP contribution is 2.27. The minimum Gasteiger partial charge on any atom is -0.382 e. The summed E-state index contributed by atoms with van der Waals surface area (Å²) in [7, 11) is 0. The molecule has 1 aromatic carbocycles. The fourth-order valence-corrected chi connectivity index (χ4v) is 3.15. The molecule has 1 saturated heterocycles. The zero-order chi connectivity index (χ0) is 21.5. The second-order valence-electron chi connectivity index (χ2n) is 6.80. The summed E-state index contributed by atoms with van der Waals surface area (Å²) in [5.74, 6) is 0.272. The molecule has 2 heterocycles. The van der Waals surface area contributed by atoms with Gasteiger partial charge in [0.1, 0.15) is 11.5 Å². The van der Waals surface area contributed by atoms with Crippen LogP contribution in [0.25, 0.3) is 16.8 Å². The Morgan fingerprint density at radius 1 is 1.30 bits per heavy atom. The molecule has 1 fully saturated rings. The van der Waals surface area contributed by atoms with Gasteiger partial charge in [-0.25, -0.2) is 9.97 Å². The monoisotopic (exact) mass is 402 g/mol. The molecule has 30 heavy (non-hydrogen) atoms. The number of hydrogen-bond donors (Lipinski definition) is 1. The molecule has 0 atom stereocenters. The highest BCUT2D eigenvalue weighted by Gasteiger charge is 2.19. The van der Waals surface area contributed by atoms with Crippen molar-refractivity contribution in [3.8, 4) is 11.3 Å². The molecule has 1 aliphatic rings. The van der Waals surface area contributed by atoms with Crippen LogP contribution in [0, 0.1) is 0 Å². The molecule has 0 aliphatic carbocycles. The zero-order valence-electron chi connectivity index (χ0n) is 17.2. The summed E-state index contributed by atoms with van der Waals surface area (Å²) in [5.41, 5.74) is 10.0. The van der Waals surface area contributed by atoms with Crippen molar-refractivity contribution in [2.24, 2.45) is 0 Å². The quantitative estimate of drug-likeness (QED) is 0.741. The summed E-state index contributed by atoms with van der Waals surface area (Å²) >= 11 is 0. The smallest absolute Gasteiger partial charge is 0.254 e. The van der Waals surface area contributed by atoms with E-state index in [4.69, 9.17) is 10.5 Å². The summed E-state index contributed by atoms with van der Waals surface area (Å²) < 4.78 is 5.33. The number of hydrogen-bond acceptors (Lipinski definition) is 5. The molecule has 6 heteroatoms. The fraction of sp³-hybridized carbons (Fsp3) is 0.208. The maximum Gasteiger partial charge on any atom is 0.254 e. The Morgan fingerprint density at radius 2 is 2.07 bits per heavy atom. The molecular weight excluding hydrogens is 376 g/mol. The van der Waals surface area contributed by atoms with Gasteiger partial charge in [-0.2, -0.15) is 0 Å². The first-order chi connectivity index (χ1) is 14.5. The number of amides is 1. The van der Waals surface area contributed by atoms with E-state index < -0.39 is 0 Å². The lowest BCUT2D eigenvalue weighted by Crippen LogP contribution is -2.40. The third kappa shape index (κ3) is 4.72. The summed E-state index contributed by atoms with van der Waals surface area (Å²) in [5, 5.41) is 0. The van der Waals surface area contributed by atoms with Gasteiger partial charge < -0.3 is 15.4 Å². The number of aromatic nitrogens is 2. The van der Waals surface area contributed by atoms with E-state index in [0.29, 0.717) is 48.8 Å². The van der Waals surface area contributed by atoms with E-state index in [2.05, 4.69) is 23.1 Å². The van der Waals surface area contributed by atoms with Crippen LogP contribution in [0.3, 0.4) is 0 Å². The summed E-state index contributed by atoms with van der Waals surface area (Å²) in [4.78, 5) is 23.6. The van der Waals surface area contributed by atoms with Gasteiger partial charge in [-0.15, -0.1) is 0 Å². The Morgan fingerprint density at radius 3 is 2.77 bits per heavy atom. The molecule has 0 bridgehead atoms. The largest absolute Gasteiger partial charge is 0.382 e. The van der Waals surface area contributed by atoms with Gasteiger partial charge >= 0.3 is 0 Å². The first kappa shape index (κ1) is 21.2. The molecule has 0 spiro atoms. The van der Waals surface area contributed by atoms with E-state index >= 15 is 0 Å². The number of nitrogens with zero attached hydrogens (tertiary/aromatic N) is 3. The predicted molar refractivity (Wildman–Crippen MR) is 121 cm³/mol. The number of nitrogens with two attached hydrogens (primary N) is 1. The topological polar surface area (TPSA) is 81.3 Å². The number of morpholine rings is 1. The standard InChI is InChI=1S/C24H26N4O2/c1-4-6-8-18(5-2)17(3)22-23(25)26-16-21(27-22)19-9-7-10-20(15-19)24(29)28-11-13-30-14-12-28/h4-10,15-16H,2-3,11-14H2,1H3,(H2,25,26)/b6-4-,18-8+. The Bertz CT molecular complexity index is 1020. The van der Waals surface area contributed by atoms with Gasteiger partial charge in [-0.05, 0) is 24.6 Å². The zero-order valence-corrected chi connectivity index (χ0v) is 17.2. The minimum absolute atomic E-state index is 0.0172. The lowest BCUT2D eigenvalue weighted by atomic mass is 10.0. The molecule has 1 aliphatic heterocycles. The molecule has 154 valence electrons. The van der Waals surface area contributed by atoms with Crippen molar-refractivity contribution in [3.05, 3.63) is 84.8 Å². The highest BCUT2D eigenvalue weighted by atomic mass is 16.5. The van der Waals surface area contributed by atoms with Crippen LogP contribution >= 0.6 is 0 Å². The average molecular weight is 402 g/mol. The van der Waals surface area contributed by atoms with Crippen LogP contribution in [-0.2, 0) is 4.74 Å². The Kier molecular flexibility index (Phi) is 6.93. The Balaban J connectivity index is 1.93. The molecule has 2 aromatic rings. The Hall–Kier alpha value is -3.51. The summed E-state index contributed by atoms with van der Waals surface area (Å²) in [6.45, 7) is 12.2. The van der Waals surface area contributed by atoms with E-state index in [0.717, 1.165) is 11.1 Å². The van der Waals surface area contributed by atoms with Gasteiger partial charge in [-0.1, -0.05) is 49.6 Å². The van der Waals surface area contributed by atoms with Crippen LogP contribution in [-0.4, -0.2) is 47.1 Å². The van der Waals surface area contributed by atoms with Crippen molar-refractivity contribution in [1.82, 2.24) is 14.9 Å². The van der Waals surface area contributed by atoms with Gasteiger partial charge in [0.15, 0.2) is 0 Å². The molecule has 6 nitrogen and oxygen atoms in total. The number of allylic oxidation sites excluding steroid dienone is 6. The molecule has 1 amide bonds. The van der Waals surface area contributed by atoms with E-state index in [1.165, 1.54) is 0 Å². The first-order valence-electron chi connectivity index (χ1n) is 9.80. The number of nitrogen functional groups attached to an aromatic ring is 1. The average Bonchev–Trinajstić information content (AvgIpc) is 2.80. The summed E-state index contributed by atoms with van der Waals surface area (Å²) in [6, 6.07) is 7.37. The lowest BCUT2D eigenvalue weighted by Gasteiger charge is -2.27. The van der Waals surface area contributed by atoms with Crippen LogP contribution < -0.4 is 5.73 Å². The summed E-state index contributed by atoms with van der Waals surface area (Å²) in [6.07, 6.45) is 9.02. The van der Waals surface area contributed by atoms with Crippen molar-refractivity contribution in [2.45, 2.75) is 6.92 Å². The van der Waals surface area contributed by atoms with E-state index in [1.807, 2.05) is 49.4 Å². The van der Waals surface area contributed by atoms with Crippen LogP contribution in [0.4, 0.5) is 5.82 Å². The fourth-order valence-electron chi connectivity index (χ4n) is 3.15. The number of anilines is 1. The van der Waals surface area contributed by atoms with Gasteiger partial charge in [-0.3, -0.25) is 4.79 Å². The molecule has 0 unspecified atom stereocenters. The van der Waals surface area contributed by atoms with Gasteiger partial charge in [0.25, 0.3) is 5.91 Å². The predicted octanol–water partition coefficient (Wildman–Crippen LogP) is 3.90. The number of carbonyl (C=O) groups excluding carboxylic acids is 1. The first-order valence-corrected chi connectivity index (χ1v) is 9.80. The number of ether oxygens (including phenoxy) is 1. The van der Waals surface area contributed by atoms with Crippen LogP contribution in [0.2, 0.25) is 0 Å². The van der Waals surface area contributed by atoms with Crippen molar-refractivity contribution < 1.29 is 9.53 Å². The van der Waals surface area contributed by atoms with Gasteiger partial charge in [0, 0.05) is 29.8 Å². The van der Waals surface area contributed by atoms with Crippen LogP contribution in [0.15, 0.2) is 73.5 Å². The number of benzene rings is 1. The highest BCUT2D eigenvalue weighted by molar-refractivity contribution is 5.95. The van der Waals surface area contributed by atoms with Crippen LogP contribution in [0.5, 0.6) is 0 Å². The van der Waals surface area contributed by atoms with Gasteiger partial charge in [0.2, 0.25) is 0 Å². The number of carbonyl (C=O) groups is 1. The third-order valence-electron chi connectivity index (χ3n) is 4.83. The van der Waals surface area contributed by atoms with Gasteiger partial charge in [0.05, 0.1) is 25.1 Å². The third-order valence-corrected chi connectivity index (χ3v) is 4.83. The Labute approximate surface area is 177 Å². The molecule has 0 radical (unpaired) electrons. The molecule has 1 aromatic heterocycles. The molecule has 3 rings (SSSR count). The van der Waals surface area contributed by atoms with Crippen molar-refractivity contribution in [1.29, 1.82) is 0 Å². The van der Waals surface area contributed by atoms with Crippen molar-refractivity contribution >= 4 is 17.3 Å². The van der Waals surface area contributed by atoms with E-state index in [-0.39, 0.29) is 11.7 Å². The second kappa shape index (κ2) is 9.80. The normalized spacial score (nSPS) is 14.7. The molecular formula is C24H26N4O2.